The van der Waals surface area contributed by atoms with E-state index in [2.05, 4.69) is 19.9 Å². The van der Waals surface area contributed by atoms with E-state index in [9.17, 15) is 14.4 Å². The SMILES string of the molecule is CC(=O)O[C@@H]1CC2=CC[C@H]3[C@@H]4CC[C@H](C(C)=O)[C@@]4(C)CC[C@@H]3[C@@]2(C)[C@@H](OC(C)=O)C1. The molecule has 0 aliphatic heterocycles. The summed E-state index contributed by atoms with van der Waals surface area (Å²) in [5.41, 5.74) is 1.17. The van der Waals surface area contributed by atoms with Crippen molar-refractivity contribution in [3.63, 3.8) is 0 Å². The number of rotatable bonds is 3. The van der Waals surface area contributed by atoms with Crippen molar-refractivity contribution in [2.45, 2.75) is 91.8 Å². The number of ether oxygens (including phenoxy) is 2. The highest BCUT2D eigenvalue weighted by Crippen LogP contribution is 2.66. The van der Waals surface area contributed by atoms with Gasteiger partial charge in [0.25, 0.3) is 0 Å². The average molecular weight is 417 g/mol. The number of esters is 2. The molecular weight excluding hydrogens is 380 g/mol. The van der Waals surface area contributed by atoms with Crippen LogP contribution in [0.15, 0.2) is 11.6 Å². The van der Waals surface area contributed by atoms with Gasteiger partial charge in [0.15, 0.2) is 0 Å². The molecule has 3 saturated carbocycles. The van der Waals surface area contributed by atoms with Crippen LogP contribution in [0.2, 0.25) is 0 Å². The maximum Gasteiger partial charge on any atom is 0.302 e. The zero-order valence-electron chi connectivity index (χ0n) is 19.0. The molecule has 4 aliphatic carbocycles. The molecule has 166 valence electrons. The van der Waals surface area contributed by atoms with E-state index in [1.807, 2.05) is 0 Å². The number of fused-ring (bicyclic) bond motifs is 5. The monoisotopic (exact) mass is 416 g/mol. The van der Waals surface area contributed by atoms with Crippen molar-refractivity contribution in [3.8, 4) is 0 Å². The molecular formula is C25H36O5. The summed E-state index contributed by atoms with van der Waals surface area (Å²) in [5.74, 6) is 1.47. The lowest BCUT2D eigenvalue weighted by atomic mass is 9.46. The van der Waals surface area contributed by atoms with Gasteiger partial charge in [0, 0.05) is 38.0 Å². The van der Waals surface area contributed by atoms with Gasteiger partial charge in [-0.1, -0.05) is 25.5 Å². The standard InChI is InChI=1S/C25H36O5/c1-14(26)20-8-9-21-19-7-6-17-12-18(29-15(2)27)13-23(30-16(3)28)25(17,5)22(19)10-11-24(20,21)4/h6,18-23H,7-13H2,1-5H3/t18-,19+,20-,21+,22+,23+,24-,25+/m1/s1. The van der Waals surface area contributed by atoms with Crippen molar-refractivity contribution in [1.82, 2.24) is 0 Å². The van der Waals surface area contributed by atoms with Crippen molar-refractivity contribution in [2.75, 3.05) is 0 Å². The average Bonchev–Trinajstić information content (AvgIpc) is 2.99. The number of ketones is 1. The Kier molecular flexibility index (Phi) is 5.39. The summed E-state index contributed by atoms with van der Waals surface area (Å²) in [7, 11) is 0. The van der Waals surface area contributed by atoms with Gasteiger partial charge in [-0.05, 0) is 62.2 Å². The zero-order valence-corrected chi connectivity index (χ0v) is 19.0. The quantitative estimate of drug-likeness (QED) is 0.496. The van der Waals surface area contributed by atoms with E-state index in [1.54, 1.807) is 6.92 Å². The predicted molar refractivity (Wildman–Crippen MR) is 112 cm³/mol. The lowest BCUT2D eigenvalue weighted by Gasteiger charge is -2.59. The molecule has 4 rings (SSSR count). The first kappa shape index (κ1) is 21.6. The van der Waals surface area contributed by atoms with Crippen LogP contribution in [-0.2, 0) is 23.9 Å². The van der Waals surface area contributed by atoms with Crippen LogP contribution in [0.1, 0.15) is 79.6 Å². The summed E-state index contributed by atoms with van der Waals surface area (Å²) in [5, 5.41) is 0. The van der Waals surface area contributed by atoms with Crippen molar-refractivity contribution in [3.05, 3.63) is 11.6 Å². The number of carbonyl (C=O) groups excluding carboxylic acids is 3. The first-order valence-electron chi connectivity index (χ1n) is 11.6. The van der Waals surface area contributed by atoms with E-state index in [0.29, 0.717) is 30.0 Å². The Morgan fingerprint density at radius 1 is 0.967 bits per heavy atom. The first-order valence-corrected chi connectivity index (χ1v) is 11.6. The van der Waals surface area contributed by atoms with Gasteiger partial charge in [-0.15, -0.1) is 0 Å². The van der Waals surface area contributed by atoms with Crippen molar-refractivity contribution in [1.29, 1.82) is 0 Å². The van der Waals surface area contributed by atoms with Crippen LogP contribution in [0.25, 0.3) is 0 Å². The molecule has 0 aromatic rings. The minimum Gasteiger partial charge on any atom is -0.462 e. The molecule has 0 radical (unpaired) electrons. The largest absolute Gasteiger partial charge is 0.462 e. The Morgan fingerprint density at radius 2 is 1.67 bits per heavy atom. The highest BCUT2D eigenvalue weighted by Gasteiger charge is 2.62. The van der Waals surface area contributed by atoms with Crippen LogP contribution in [0.3, 0.4) is 0 Å². The van der Waals surface area contributed by atoms with Gasteiger partial charge < -0.3 is 9.47 Å². The number of carbonyl (C=O) groups is 3. The topological polar surface area (TPSA) is 69.7 Å². The molecule has 0 N–H and O–H groups in total. The van der Waals surface area contributed by atoms with Crippen LogP contribution >= 0.6 is 0 Å². The summed E-state index contributed by atoms with van der Waals surface area (Å²) < 4.78 is 11.4. The van der Waals surface area contributed by atoms with Crippen LogP contribution in [0, 0.1) is 34.5 Å². The third kappa shape index (κ3) is 3.23. The van der Waals surface area contributed by atoms with Crippen LogP contribution in [0.5, 0.6) is 0 Å². The molecule has 30 heavy (non-hydrogen) atoms. The molecule has 8 atom stereocenters. The number of hydrogen-bond donors (Lipinski definition) is 0. The molecule has 0 aromatic heterocycles. The molecule has 0 heterocycles. The lowest BCUT2D eigenvalue weighted by molar-refractivity contribution is -0.172. The summed E-state index contributed by atoms with van der Waals surface area (Å²) in [6.07, 6.45) is 8.40. The lowest BCUT2D eigenvalue weighted by Crippen LogP contribution is -2.57. The maximum atomic E-state index is 12.3. The van der Waals surface area contributed by atoms with E-state index in [0.717, 1.165) is 38.5 Å². The number of Topliss-reactive ketones (excluding diaryl/α,β-unsaturated/α-hetero) is 1. The molecule has 0 saturated heterocycles. The highest BCUT2D eigenvalue weighted by molar-refractivity contribution is 5.79. The first-order chi connectivity index (χ1) is 14.1. The highest BCUT2D eigenvalue weighted by atomic mass is 16.6. The van der Waals surface area contributed by atoms with E-state index < -0.39 is 0 Å². The molecule has 3 fully saturated rings. The smallest absolute Gasteiger partial charge is 0.302 e. The van der Waals surface area contributed by atoms with Gasteiger partial charge in [0.2, 0.25) is 0 Å². The van der Waals surface area contributed by atoms with E-state index in [4.69, 9.17) is 9.47 Å². The Labute approximate surface area is 179 Å². The van der Waals surface area contributed by atoms with Crippen molar-refractivity contribution in [2.24, 2.45) is 34.5 Å². The minimum atomic E-state index is -0.283. The molecule has 0 bridgehead atoms. The van der Waals surface area contributed by atoms with Gasteiger partial charge >= 0.3 is 11.9 Å². The van der Waals surface area contributed by atoms with E-state index in [-0.39, 0.29) is 40.9 Å². The fourth-order valence-electron chi connectivity index (χ4n) is 8.02. The van der Waals surface area contributed by atoms with Gasteiger partial charge in [-0.2, -0.15) is 0 Å². The summed E-state index contributed by atoms with van der Waals surface area (Å²) in [6, 6.07) is 0. The third-order valence-corrected chi connectivity index (χ3v) is 9.26. The zero-order chi connectivity index (χ0) is 21.8. The Bertz CT molecular complexity index is 784. The van der Waals surface area contributed by atoms with E-state index in [1.165, 1.54) is 19.4 Å². The van der Waals surface area contributed by atoms with Crippen molar-refractivity contribution < 1.29 is 23.9 Å². The fourth-order valence-corrected chi connectivity index (χ4v) is 8.02. The van der Waals surface area contributed by atoms with Gasteiger partial charge in [0.05, 0.1) is 0 Å². The summed E-state index contributed by atoms with van der Waals surface area (Å²) in [4.78, 5) is 35.9. The second-order valence-electron chi connectivity index (χ2n) is 10.7. The molecule has 5 nitrogen and oxygen atoms in total. The number of allylic oxidation sites excluding steroid dienone is 1. The van der Waals surface area contributed by atoms with Crippen molar-refractivity contribution >= 4 is 17.7 Å². The van der Waals surface area contributed by atoms with Gasteiger partial charge in [-0.25, -0.2) is 0 Å². The Morgan fingerprint density at radius 3 is 2.30 bits per heavy atom. The Balaban J connectivity index is 1.68. The van der Waals surface area contributed by atoms with Crippen LogP contribution < -0.4 is 0 Å². The van der Waals surface area contributed by atoms with Crippen LogP contribution in [0.4, 0.5) is 0 Å². The summed E-state index contributed by atoms with van der Waals surface area (Å²) >= 11 is 0. The molecule has 0 unspecified atom stereocenters. The molecule has 0 spiro atoms. The van der Waals surface area contributed by atoms with Crippen LogP contribution in [-0.4, -0.2) is 29.9 Å². The Hall–Kier alpha value is -1.65. The molecule has 5 heteroatoms. The molecule has 0 aromatic carbocycles. The third-order valence-electron chi connectivity index (χ3n) is 9.26. The predicted octanol–water partition coefficient (Wildman–Crippen LogP) is 4.63. The van der Waals surface area contributed by atoms with Gasteiger partial charge in [-0.3, -0.25) is 14.4 Å². The van der Waals surface area contributed by atoms with Gasteiger partial charge in [0.1, 0.15) is 18.0 Å². The van der Waals surface area contributed by atoms with E-state index >= 15 is 0 Å². The minimum absolute atomic E-state index is 0.0978. The molecule has 4 aliphatic rings. The normalized spacial score (nSPS) is 44.8. The fraction of sp³-hybridized carbons (Fsp3) is 0.800. The molecule has 0 amide bonds. The maximum absolute atomic E-state index is 12.3. The second-order valence-corrected chi connectivity index (χ2v) is 10.7. The number of hydrogen-bond acceptors (Lipinski definition) is 5. The second kappa shape index (κ2) is 7.49. The summed E-state index contributed by atoms with van der Waals surface area (Å²) in [6.45, 7) is 9.28.